The van der Waals surface area contributed by atoms with Crippen LogP contribution in [-0.4, -0.2) is 25.0 Å². The first-order valence-corrected chi connectivity index (χ1v) is 9.33. The van der Waals surface area contributed by atoms with Crippen LogP contribution in [0.25, 0.3) is 10.6 Å². The van der Waals surface area contributed by atoms with Crippen LogP contribution in [0.3, 0.4) is 0 Å². The van der Waals surface area contributed by atoms with E-state index in [1.165, 1.54) is 22.5 Å². The van der Waals surface area contributed by atoms with E-state index in [1.807, 2.05) is 37.2 Å². The zero-order chi connectivity index (χ0) is 18.7. The van der Waals surface area contributed by atoms with Crippen LogP contribution in [0, 0.1) is 13.8 Å². The van der Waals surface area contributed by atoms with Gasteiger partial charge in [0.15, 0.2) is 0 Å². The molecular formula is C21H23N3OS. The molecular weight excluding hydrogens is 342 g/mol. The van der Waals surface area contributed by atoms with Gasteiger partial charge < -0.3 is 10.2 Å². The van der Waals surface area contributed by atoms with E-state index in [4.69, 9.17) is 0 Å². The smallest absolute Gasteiger partial charge is 0.263 e. The van der Waals surface area contributed by atoms with Gasteiger partial charge in [-0.15, -0.1) is 11.3 Å². The lowest BCUT2D eigenvalue weighted by Gasteiger charge is -2.13. The summed E-state index contributed by atoms with van der Waals surface area (Å²) in [5.74, 6) is -0.0891. The minimum atomic E-state index is -0.0891. The van der Waals surface area contributed by atoms with E-state index in [-0.39, 0.29) is 5.91 Å². The highest BCUT2D eigenvalue weighted by Gasteiger charge is 2.13. The van der Waals surface area contributed by atoms with Crippen LogP contribution < -0.4 is 10.2 Å². The van der Waals surface area contributed by atoms with Gasteiger partial charge in [-0.1, -0.05) is 35.9 Å². The van der Waals surface area contributed by atoms with E-state index in [0.29, 0.717) is 11.4 Å². The second-order valence-electron chi connectivity index (χ2n) is 6.60. The van der Waals surface area contributed by atoms with Crippen LogP contribution in [0.15, 0.2) is 48.7 Å². The van der Waals surface area contributed by atoms with Crippen LogP contribution in [0.1, 0.15) is 26.4 Å². The van der Waals surface area contributed by atoms with Crippen molar-refractivity contribution in [3.63, 3.8) is 0 Å². The molecule has 0 unspecified atom stereocenters. The molecule has 0 aliphatic rings. The Bertz CT molecular complexity index is 931. The first-order valence-electron chi connectivity index (χ1n) is 8.52. The summed E-state index contributed by atoms with van der Waals surface area (Å²) in [5.41, 5.74) is 5.67. The average Bonchev–Trinajstić information content (AvgIpc) is 3.09. The Morgan fingerprint density at radius 3 is 2.69 bits per heavy atom. The molecule has 0 saturated carbocycles. The van der Waals surface area contributed by atoms with Crippen molar-refractivity contribution in [1.29, 1.82) is 0 Å². The standard InChI is InChI=1S/C21H23N3OS/c1-14-8-9-18(15(2)10-14)21-23-13-19(26-21)20(25)22-12-16-6-5-7-17(11-16)24(3)4/h5-11,13H,12H2,1-4H3,(H,22,25). The Morgan fingerprint density at radius 2 is 1.96 bits per heavy atom. The van der Waals surface area contributed by atoms with Gasteiger partial charge >= 0.3 is 0 Å². The lowest BCUT2D eigenvalue weighted by molar-refractivity contribution is 0.0955. The number of anilines is 1. The largest absolute Gasteiger partial charge is 0.378 e. The molecule has 0 aliphatic heterocycles. The first-order chi connectivity index (χ1) is 12.4. The second kappa shape index (κ2) is 7.70. The molecule has 1 heterocycles. The Balaban J connectivity index is 1.69. The lowest BCUT2D eigenvalue weighted by Crippen LogP contribution is -2.22. The Kier molecular flexibility index (Phi) is 5.38. The van der Waals surface area contributed by atoms with Crippen molar-refractivity contribution in [2.75, 3.05) is 19.0 Å². The van der Waals surface area contributed by atoms with Crippen molar-refractivity contribution in [3.8, 4) is 10.6 Å². The van der Waals surface area contributed by atoms with Crippen LogP contribution in [0.2, 0.25) is 0 Å². The van der Waals surface area contributed by atoms with Crippen molar-refractivity contribution in [2.24, 2.45) is 0 Å². The molecule has 2 aromatic carbocycles. The summed E-state index contributed by atoms with van der Waals surface area (Å²) in [4.78, 5) is 19.6. The molecule has 0 radical (unpaired) electrons. The molecule has 5 heteroatoms. The maximum Gasteiger partial charge on any atom is 0.263 e. The monoisotopic (exact) mass is 365 g/mol. The van der Waals surface area contributed by atoms with Crippen LogP contribution in [0.4, 0.5) is 5.69 Å². The number of nitrogens with zero attached hydrogens (tertiary/aromatic N) is 2. The van der Waals surface area contributed by atoms with Gasteiger partial charge in [0.1, 0.15) is 9.88 Å². The van der Waals surface area contributed by atoms with Gasteiger partial charge in [-0.05, 0) is 37.1 Å². The second-order valence-corrected chi connectivity index (χ2v) is 7.63. The highest BCUT2D eigenvalue weighted by molar-refractivity contribution is 7.16. The molecule has 134 valence electrons. The van der Waals surface area contributed by atoms with E-state index in [0.717, 1.165) is 21.8 Å². The fourth-order valence-electron chi connectivity index (χ4n) is 2.77. The maximum absolute atomic E-state index is 12.5. The van der Waals surface area contributed by atoms with Crippen molar-refractivity contribution >= 4 is 22.9 Å². The average molecular weight is 366 g/mol. The van der Waals surface area contributed by atoms with Gasteiger partial charge in [0.25, 0.3) is 5.91 Å². The summed E-state index contributed by atoms with van der Waals surface area (Å²) >= 11 is 1.43. The van der Waals surface area contributed by atoms with Crippen LogP contribution in [-0.2, 0) is 6.54 Å². The Labute approximate surface area is 158 Å². The highest BCUT2D eigenvalue weighted by atomic mass is 32.1. The molecule has 4 nitrogen and oxygen atoms in total. The Morgan fingerprint density at radius 1 is 1.15 bits per heavy atom. The molecule has 0 aliphatic carbocycles. The number of hydrogen-bond acceptors (Lipinski definition) is 4. The predicted molar refractivity (Wildman–Crippen MR) is 109 cm³/mol. The molecule has 1 aromatic heterocycles. The molecule has 1 amide bonds. The number of amides is 1. The summed E-state index contributed by atoms with van der Waals surface area (Å²) in [6.07, 6.45) is 1.66. The van der Waals surface area contributed by atoms with E-state index >= 15 is 0 Å². The molecule has 3 aromatic rings. The Hall–Kier alpha value is -2.66. The van der Waals surface area contributed by atoms with Crippen molar-refractivity contribution in [2.45, 2.75) is 20.4 Å². The molecule has 3 rings (SSSR count). The van der Waals surface area contributed by atoms with E-state index < -0.39 is 0 Å². The predicted octanol–water partition coefficient (Wildman–Crippen LogP) is 4.42. The number of carbonyl (C=O) groups excluding carboxylic acids is 1. The minimum Gasteiger partial charge on any atom is -0.378 e. The minimum absolute atomic E-state index is 0.0891. The molecule has 0 atom stereocenters. The summed E-state index contributed by atoms with van der Waals surface area (Å²) in [6, 6.07) is 14.4. The topological polar surface area (TPSA) is 45.2 Å². The van der Waals surface area contributed by atoms with E-state index in [2.05, 4.69) is 48.4 Å². The number of carbonyl (C=O) groups is 1. The van der Waals surface area contributed by atoms with Crippen molar-refractivity contribution in [3.05, 3.63) is 70.2 Å². The molecule has 0 spiro atoms. The maximum atomic E-state index is 12.5. The van der Waals surface area contributed by atoms with Crippen LogP contribution in [0.5, 0.6) is 0 Å². The molecule has 0 saturated heterocycles. The number of aryl methyl sites for hydroxylation is 2. The van der Waals surface area contributed by atoms with Gasteiger partial charge in [-0.25, -0.2) is 4.98 Å². The number of aromatic nitrogens is 1. The lowest BCUT2D eigenvalue weighted by atomic mass is 10.1. The zero-order valence-corrected chi connectivity index (χ0v) is 16.4. The van der Waals surface area contributed by atoms with E-state index in [9.17, 15) is 4.79 Å². The summed E-state index contributed by atoms with van der Waals surface area (Å²) in [7, 11) is 4.01. The number of rotatable bonds is 5. The first kappa shape index (κ1) is 18.1. The number of nitrogens with one attached hydrogen (secondary N) is 1. The third-order valence-corrected chi connectivity index (χ3v) is 5.25. The van der Waals surface area contributed by atoms with Gasteiger partial charge in [-0.3, -0.25) is 4.79 Å². The summed E-state index contributed by atoms with van der Waals surface area (Å²) < 4.78 is 0. The van der Waals surface area contributed by atoms with Gasteiger partial charge in [0, 0.05) is 31.9 Å². The van der Waals surface area contributed by atoms with Crippen molar-refractivity contribution < 1.29 is 4.79 Å². The van der Waals surface area contributed by atoms with Crippen LogP contribution >= 0.6 is 11.3 Å². The highest BCUT2D eigenvalue weighted by Crippen LogP contribution is 2.28. The molecule has 1 N–H and O–H groups in total. The molecule has 26 heavy (non-hydrogen) atoms. The van der Waals surface area contributed by atoms with E-state index in [1.54, 1.807) is 6.20 Å². The van der Waals surface area contributed by atoms with Gasteiger partial charge in [-0.2, -0.15) is 0 Å². The van der Waals surface area contributed by atoms with Gasteiger partial charge in [0.05, 0.1) is 6.20 Å². The third-order valence-electron chi connectivity index (χ3n) is 4.22. The summed E-state index contributed by atoms with van der Waals surface area (Å²) in [6.45, 7) is 4.64. The number of benzene rings is 2. The number of thiazole rings is 1. The zero-order valence-electron chi connectivity index (χ0n) is 15.5. The van der Waals surface area contributed by atoms with Crippen molar-refractivity contribution in [1.82, 2.24) is 10.3 Å². The van der Waals surface area contributed by atoms with Gasteiger partial charge in [0.2, 0.25) is 0 Å². The fourth-order valence-corrected chi connectivity index (χ4v) is 3.69. The SMILES string of the molecule is Cc1ccc(-c2ncc(C(=O)NCc3cccc(N(C)C)c3)s2)c(C)c1. The summed E-state index contributed by atoms with van der Waals surface area (Å²) in [5, 5.41) is 3.86. The fraction of sp³-hybridized carbons (Fsp3) is 0.238. The normalized spacial score (nSPS) is 10.6. The third kappa shape index (κ3) is 4.11. The number of hydrogen-bond donors (Lipinski definition) is 1. The molecule has 0 bridgehead atoms. The quantitative estimate of drug-likeness (QED) is 0.728. The molecule has 0 fully saturated rings.